The van der Waals surface area contributed by atoms with E-state index in [2.05, 4.69) is 12.6 Å². The molecule has 2 rings (SSSR count). The van der Waals surface area contributed by atoms with Gasteiger partial charge in [0.1, 0.15) is 0 Å². The van der Waals surface area contributed by atoms with Crippen LogP contribution >= 0.6 is 12.6 Å². The van der Waals surface area contributed by atoms with Gasteiger partial charge in [0, 0.05) is 31.1 Å². The number of benzene rings is 1. The number of sulfonamides is 1. The van der Waals surface area contributed by atoms with Crippen molar-refractivity contribution in [3.63, 3.8) is 0 Å². The highest BCUT2D eigenvalue weighted by Gasteiger charge is 2.29. The standard InChI is InChI=1S/C15H22N2O3S2/c1-2-3-12-22(19,20)17-10-8-16(9-11-17)15(18)13-6-4-5-7-14(13)21/h4-7,21H,2-3,8-12H2,1H3. The minimum absolute atomic E-state index is 0.0868. The normalized spacial score (nSPS) is 16.7. The molecule has 1 aliphatic heterocycles. The van der Waals surface area contributed by atoms with Gasteiger partial charge in [-0.25, -0.2) is 8.42 Å². The van der Waals surface area contributed by atoms with Crippen molar-refractivity contribution in [2.45, 2.75) is 24.7 Å². The van der Waals surface area contributed by atoms with E-state index in [1.54, 1.807) is 23.1 Å². The van der Waals surface area contributed by atoms with Gasteiger partial charge in [-0.05, 0) is 18.6 Å². The van der Waals surface area contributed by atoms with Gasteiger partial charge in [0.25, 0.3) is 5.91 Å². The maximum Gasteiger partial charge on any atom is 0.255 e. The van der Waals surface area contributed by atoms with Gasteiger partial charge in [-0.1, -0.05) is 25.5 Å². The van der Waals surface area contributed by atoms with E-state index in [0.29, 0.717) is 43.1 Å². The smallest absolute Gasteiger partial charge is 0.255 e. The molecule has 22 heavy (non-hydrogen) atoms. The van der Waals surface area contributed by atoms with Crippen LogP contribution in [-0.2, 0) is 10.0 Å². The molecular weight excluding hydrogens is 320 g/mol. The first kappa shape index (κ1) is 17.3. The molecule has 0 saturated carbocycles. The molecule has 1 heterocycles. The van der Waals surface area contributed by atoms with E-state index in [1.807, 2.05) is 13.0 Å². The monoisotopic (exact) mass is 342 g/mol. The highest BCUT2D eigenvalue weighted by atomic mass is 32.2. The Labute approximate surface area is 137 Å². The van der Waals surface area contributed by atoms with E-state index in [0.717, 1.165) is 6.42 Å². The van der Waals surface area contributed by atoms with Crippen molar-refractivity contribution in [1.29, 1.82) is 0 Å². The number of hydrogen-bond donors (Lipinski definition) is 1. The topological polar surface area (TPSA) is 57.7 Å². The Kier molecular flexibility index (Phi) is 5.88. The molecule has 1 aliphatic rings. The maximum atomic E-state index is 12.5. The van der Waals surface area contributed by atoms with Crippen molar-refractivity contribution in [3.8, 4) is 0 Å². The first-order valence-electron chi connectivity index (χ1n) is 7.51. The Bertz CT molecular complexity index is 623. The molecule has 1 saturated heterocycles. The zero-order chi connectivity index (χ0) is 16.2. The maximum absolute atomic E-state index is 12.5. The first-order chi connectivity index (χ1) is 10.5. The molecule has 0 bridgehead atoms. The summed E-state index contributed by atoms with van der Waals surface area (Å²) in [6, 6.07) is 7.16. The van der Waals surface area contributed by atoms with Crippen LogP contribution in [0.25, 0.3) is 0 Å². The van der Waals surface area contributed by atoms with Crippen LogP contribution in [0.4, 0.5) is 0 Å². The second-order valence-corrected chi connectivity index (χ2v) is 7.95. The fourth-order valence-electron chi connectivity index (χ4n) is 2.45. The molecule has 0 atom stereocenters. The van der Waals surface area contributed by atoms with Crippen LogP contribution in [-0.4, -0.2) is 55.5 Å². The Balaban J connectivity index is 1.98. The van der Waals surface area contributed by atoms with Crippen LogP contribution in [0.1, 0.15) is 30.1 Å². The lowest BCUT2D eigenvalue weighted by Crippen LogP contribution is -2.51. The number of hydrogen-bond acceptors (Lipinski definition) is 4. The SMILES string of the molecule is CCCCS(=O)(=O)N1CCN(C(=O)c2ccccc2S)CC1. The molecule has 0 radical (unpaired) electrons. The highest BCUT2D eigenvalue weighted by molar-refractivity contribution is 7.89. The lowest BCUT2D eigenvalue weighted by molar-refractivity contribution is 0.0694. The third-order valence-corrected chi connectivity index (χ3v) is 6.16. The van der Waals surface area contributed by atoms with E-state index in [9.17, 15) is 13.2 Å². The third-order valence-electron chi connectivity index (χ3n) is 3.81. The van der Waals surface area contributed by atoms with Gasteiger partial charge >= 0.3 is 0 Å². The molecule has 5 nitrogen and oxygen atoms in total. The van der Waals surface area contributed by atoms with Crippen LogP contribution in [0.3, 0.4) is 0 Å². The summed E-state index contributed by atoms with van der Waals surface area (Å²) < 4.78 is 25.8. The second-order valence-electron chi connectivity index (χ2n) is 5.38. The second kappa shape index (κ2) is 7.48. The molecule has 1 aromatic carbocycles. The average molecular weight is 342 g/mol. The lowest BCUT2D eigenvalue weighted by atomic mass is 10.2. The molecule has 0 N–H and O–H groups in total. The zero-order valence-electron chi connectivity index (χ0n) is 12.7. The van der Waals surface area contributed by atoms with Gasteiger partial charge in [-0.2, -0.15) is 4.31 Å². The summed E-state index contributed by atoms with van der Waals surface area (Å²) >= 11 is 4.31. The first-order valence-corrected chi connectivity index (χ1v) is 9.56. The van der Waals surface area contributed by atoms with E-state index < -0.39 is 10.0 Å². The van der Waals surface area contributed by atoms with E-state index in [-0.39, 0.29) is 11.7 Å². The number of carbonyl (C=O) groups excluding carboxylic acids is 1. The number of amides is 1. The summed E-state index contributed by atoms with van der Waals surface area (Å²) in [6.45, 7) is 3.55. The predicted octanol–water partition coefficient (Wildman–Crippen LogP) is 1.86. The Morgan fingerprint density at radius 3 is 2.41 bits per heavy atom. The van der Waals surface area contributed by atoms with Gasteiger partial charge in [0.2, 0.25) is 10.0 Å². The summed E-state index contributed by atoms with van der Waals surface area (Å²) in [5, 5.41) is 0. The molecule has 0 aromatic heterocycles. The van der Waals surface area contributed by atoms with Gasteiger partial charge in [-0.3, -0.25) is 4.79 Å². The Morgan fingerprint density at radius 1 is 1.18 bits per heavy atom. The molecule has 1 fully saturated rings. The van der Waals surface area contributed by atoms with Crippen LogP contribution in [0.15, 0.2) is 29.2 Å². The molecule has 1 aromatic rings. The summed E-state index contributed by atoms with van der Waals surface area (Å²) in [5.41, 5.74) is 0.563. The summed E-state index contributed by atoms with van der Waals surface area (Å²) in [6.07, 6.45) is 1.53. The molecule has 0 unspecified atom stereocenters. The summed E-state index contributed by atoms with van der Waals surface area (Å²) in [4.78, 5) is 14.8. The molecule has 1 amide bonds. The van der Waals surface area contributed by atoms with Crippen LogP contribution in [0.5, 0.6) is 0 Å². The Hall–Kier alpha value is -1.05. The molecular formula is C15H22N2O3S2. The average Bonchev–Trinajstić information content (AvgIpc) is 2.53. The lowest BCUT2D eigenvalue weighted by Gasteiger charge is -2.34. The number of thiol groups is 1. The van der Waals surface area contributed by atoms with Crippen LogP contribution in [0.2, 0.25) is 0 Å². The minimum Gasteiger partial charge on any atom is -0.336 e. The van der Waals surface area contributed by atoms with Gasteiger partial charge in [0.05, 0.1) is 11.3 Å². The predicted molar refractivity (Wildman–Crippen MR) is 89.9 cm³/mol. The van der Waals surface area contributed by atoms with Gasteiger partial charge in [0.15, 0.2) is 0 Å². The van der Waals surface area contributed by atoms with Crippen LogP contribution < -0.4 is 0 Å². The molecule has 0 spiro atoms. The number of piperazine rings is 1. The summed E-state index contributed by atoms with van der Waals surface area (Å²) in [5.74, 6) is 0.105. The zero-order valence-corrected chi connectivity index (χ0v) is 14.4. The van der Waals surface area contributed by atoms with Crippen molar-refractivity contribution in [2.75, 3.05) is 31.9 Å². The largest absolute Gasteiger partial charge is 0.336 e. The van der Waals surface area contributed by atoms with E-state index in [4.69, 9.17) is 0 Å². The van der Waals surface area contributed by atoms with Crippen molar-refractivity contribution < 1.29 is 13.2 Å². The van der Waals surface area contributed by atoms with E-state index in [1.165, 1.54) is 4.31 Å². The molecule has 122 valence electrons. The number of rotatable bonds is 5. The number of unbranched alkanes of at least 4 members (excludes halogenated alkanes) is 1. The summed E-state index contributed by atoms with van der Waals surface area (Å²) in [7, 11) is -3.19. The fraction of sp³-hybridized carbons (Fsp3) is 0.533. The van der Waals surface area contributed by atoms with Crippen molar-refractivity contribution >= 4 is 28.6 Å². The van der Waals surface area contributed by atoms with Crippen molar-refractivity contribution in [2.24, 2.45) is 0 Å². The van der Waals surface area contributed by atoms with Crippen molar-refractivity contribution in [1.82, 2.24) is 9.21 Å². The number of nitrogens with zero attached hydrogens (tertiary/aromatic N) is 2. The molecule has 7 heteroatoms. The van der Waals surface area contributed by atoms with Crippen molar-refractivity contribution in [3.05, 3.63) is 29.8 Å². The highest BCUT2D eigenvalue weighted by Crippen LogP contribution is 2.17. The van der Waals surface area contributed by atoms with Gasteiger partial charge < -0.3 is 4.90 Å². The van der Waals surface area contributed by atoms with Gasteiger partial charge in [-0.15, -0.1) is 12.6 Å². The molecule has 0 aliphatic carbocycles. The Morgan fingerprint density at radius 2 is 1.82 bits per heavy atom. The van der Waals surface area contributed by atoms with Crippen LogP contribution in [0, 0.1) is 0 Å². The quantitative estimate of drug-likeness (QED) is 0.831. The van der Waals surface area contributed by atoms with E-state index >= 15 is 0 Å². The minimum atomic E-state index is -3.19. The fourth-order valence-corrected chi connectivity index (χ4v) is 4.34. The third kappa shape index (κ3) is 4.02. The number of carbonyl (C=O) groups is 1.